The van der Waals surface area contributed by atoms with Crippen LogP contribution in [0.2, 0.25) is 0 Å². The van der Waals surface area contributed by atoms with E-state index in [2.05, 4.69) is 89.0 Å². The van der Waals surface area contributed by atoms with Crippen LogP contribution in [0.1, 0.15) is 28.5 Å². The van der Waals surface area contributed by atoms with E-state index in [4.69, 9.17) is 4.74 Å². The molecular formula is C31H26Br2O3S. The minimum Gasteiger partial charge on any atom is -0.478 e. The van der Waals surface area contributed by atoms with Gasteiger partial charge in [-0.1, -0.05) is 61.5 Å². The molecule has 4 aromatic carbocycles. The Kier molecular flexibility index (Phi) is 7.44. The van der Waals surface area contributed by atoms with Gasteiger partial charge in [0.15, 0.2) is 6.10 Å². The van der Waals surface area contributed by atoms with Gasteiger partial charge in [-0.3, -0.25) is 0 Å². The van der Waals surface area contributed by atoms with Crippen LogP contribution in [0.25, 0.3) is 32.0 Å². The summed E-state index contributed by atoms with van der Waals surface area (Å²) in [4.78, 5) is 13.4. The Morgan fingerprint density at radius 3 is 2.35 bits per heavy atom. The van der Waals surface area contributed by atoms with Crippen LogP contribution in [-0.2, 0) is 17.6 Å². The second-order valence-corrected chi connectivity index (χ2v) is 12.0. The molecule has 0 aliphatic rings. The van der Waals surface area contributed by atoms with Crippen molar-refractivity contribution in [2.75, 3.05) is 0 Å². The van der Waals surface area contributed by atoms with E-state index in [9.17, 15) is 9.90 Å². The first kappa shape index (κ1) is 26.0. The Bertz CT molecular complexity index is 1640. The minimum atomic E-state index is -0.989. The highest BCUT2D eigenvalue weighted by Gasteiger charge is 2.25. The maximum absolute atomic E-state index is 12.1. The van der Waals surface area contributed by atoms with Gasteiger partial charge in [0.1, 0.15) is 5.75 Å². The molecule has 5 aromatic rings. The van der Waals surface area contributed by atoms with Gasteiger partial charge in [0.05, 0.1) is 9.17 Å². The summed E-state index contributed by atoms with van der Waals surface area (Å²) < 4.78 is 9.32. The molecule has 1 N–H and O–H groups in total. The van der Waals surface area contributed by atoms with E-state index in [1.165, 1.54) is 36.9 Å². The SMILES string of the molecule is CCc1cc(-c2c3ccccc3c(Br)c3sc(C)c(C)c23)cc(Br)c1O[C@H](Cc1ccccc1)C(=O)O. The summed E-state index contributed by atoms with van der Waals surface area (Å²) in [5, 5.41) is 13.5. The lowest BCUT2D eigenvalue weighted by Crippen LogP contribution is -2.30. The molecule has 3 nitrogen and oxygen atoms in total. The van der Waals surface area contributed by atoms with Crippen molar-refractivity contribution in [2.45, 2.75) is 39.7 Å². The number of aryl methyl sites for hydroxylation is 3. The number of rotatable bonds is 7. The molecule has 0 saturated carbocycles. The third-order valence-electron chi connectivity index (χ3n) is 6.86. The molecule has 0 spiro atoms. The van der Waals surface area contributed by atoms with Crippen LogP contribution in [0.4, 0.5) is 0 Å². The summed E-state index contributed by atoms with van der Waals surface area (Å²) in [5.41, 5.74) is 5.45. The van der Waals surface area contributed by atoms with E-state index in [0.29, 0.717) is 18.6 Å². The Labute approximate surface area is 237 Å². The summed E-state index contributed by atoms with van der Waals surface area (Å²) in [5.74, 6) is -0.391. The number of carboxylic acid groups (broad SMARTS) is 1. The van der Waals surface area contributed by atoms with E-state index in [1.807, 2.05) is 41.7 Å². The molecule has 0 radical (unpaired) electrons. The molecule has 0 amide bonds. The zero-order valence-corrected chi connectivity index (χ0v) is 24.8. The number of ether oxygens (including phenoxy) is 1. The number of hydrogen-bond donors (Lipinski definition) is 1. The summed E-state index contributed by atoms with van der Waals surface area (Å²) in [6.07, 6.45) is 0.00854. The Hall–Kier alpha value is -2.67. The Balaban J connectivity index is 1.67. The third kappa shape index (κ3) is 4.83. The molecule has 1 atom stereocenters. The lowest BCUT2D eigenvalue weighted by Gasteiger charge is -2.21. The van der Waals surface area contributed by atoms with Crippen molar-refractivity contribution in [1.82, 2.24) is 0 Å². The molecule has 1 heterocycles. The maximum Gasteiger partial charge on any atom is 0.345 e. The fourth-order valence-corrected chi connectivity index (χ4v) is 7.37. The quantitative estimate of drug-likeness (QED) is 0.193. The number of carboxylic acids is 1. The van der Waals surface area contributed by atoms with Crippen molar-refractivity contribution >= 4 is 70.0 Å². The zero-order valence-electron chi connectivity index (χ0n) is 20.8. The highest BCUT2D eigenvalue weighted by Crippen LogP contribution is 2.48. The normalized spacial score (nSPS) is 12.2. The van der Waals surface area contributed by atoms with Crippen LogP contribution in [0.3, 0.4) is 0 Å². The van der Waals surface area contributed by atoms with Crippen LogP contribution in [0.5, 0.6) is 5.75 Å². The maximum atomic E-state index is 12.1. The van der Waals surface area contributed by atoms with Gasteiger partial charge in [0.2, 0.25) is 0 Å². The molecule has 0 aliphatic carbocycles. The van der Waals surface area contributed by atoms with E-state index in [1.54, 1.807) is 0 Å². The number of benzene rings is 4. The fraction of sp³-hybridized carbons (Fsp3) is 0.194. The fourth-order valence-electron chi connectivity index (χ4n) is 4.87. The van der Waals surface area contributed by atoms with Crippen LogP contribution < -0.4 is 4.74 Å². The molecule has 0 fully saturated rings. The average Bonchev–Trinajstić information content (AvgIpc) is 3.19. The van der Waals surface area contributed by atoms with E-state index in [0.717, 1.165) is 25.6 Å². The van der Waals surface area contributed by atoms with E-state index in [-0.39, 0.29) is 0 Å². The predicted octanol–water partition coefficient (Wildman–Crippen LogP) is 9.50. The van der Waals surface area contributed by atoms with Gasteiger partial charge in [0.25, 0.3) is 0 Å². The highest BCUT2D eigenvalue weighted by atomic mass is 79.9. The number of aliphatic carboxylic acids is 1. The number of hydrogen-bond acceptors (Lipinski definition) is 3. The molecule has 37 heavy (non-hydrogen) atoms. The number of carbonyl (C=O) groups is 1. The first-order valence-corrected chi connectivity index (χ1v) is 14.6. The summed E-state index contributed by atoms with van der Waals surface area (Å²) >= 11 is 9.44. The Morgan fingerprint density at radius 2 is 1.68 bits per heavy atom. The second-order valence-electron chi connectivity index (χ2n) is 9.16. The molecule has 0 aliphatic heterocycles. The molecule has 1 aromatic heterocycles. The summed E-state index contributed by atoms with van der Waals surface area (Å²) in [6.45, 7) is 6.43. The van der Waals surface area contributed by atoms with Crippen molar-refractivity contribution in [3.8, 4) is 16.9 Å². The highest BCUT2D eigenvalue weighted by molar-refractivity contribution is 9.11. The lowest BCUT2D eigenvalue weighted by atomic mass is 9.91. The van der Waals surface area contributed by atoms with Gasteiger partial charge < -0.3 is 9.84 Å². The zero-order chi connectivity index (χ0) is 26.3. The largest absolute Gasteiger partial charge is 0.478 e. The summed E-state index contributed by atoms with van der Waals surface area (Å²) in [6, 6.07) is 22.3. The van der Waals surface area contributed by atoms with Gasteiger partial charge in [0, 0.05) is 21.2 Å². The topological polar surface area (TPSA) is 46.5 Å². The first-order valence-electron chi connectivity index (χ1n) is 12.2. The summed E-state index contributed by atoms with van der Waals surface area (Å²) in [7, 11) is 0. The number of halogens is 2. The molecule has 5 rings (SSSR count). The van der Waals surface area contributed by atoms with Crippen LogP contribution in [-0.4, -0.2) is 17.2 Å². The molecule has 6 heteroatoms. The molecule has 0 bridgehead atoms. The van der Waals surface area contributed by atoms with Gasteiger partial charge in [-0.05, 0) is 103 Å². The first-order chi connectivity index (χ1) is 17.8. The van der Waals surface area contributed by atoms with Crippen molar-refractivity contribution in [2.24, 2.45) is 0 Å². The van der Waals surface area contributed by atoms with Crippen LogP contribution >= 0.6 is 43.2 Å². The van der Waals surface area contributed by atoms with Crippen LogP contribution in [0.15, 0.2) is 75.7 Å². The molecule has 0 saturated heterocycles. The lowest BCUT2D eigenvalue weighted by molar-refractivity contribution is -0.145. The average molecular weight is 638 g/mol. The predicted molar refractivity (Wildman–Crippen MR) is 161 cm³/mol. The van der Waals surface area contributed by atoms with Crippen molar-refractivity contribution < 1.29 is 14.6 Å². The molecule has 0 unspecified atom stereocenters. The minimum absolute atomic E-state index is 0.291. The van der Waals surface area contributed by atoms with E-state index >= 15 is 0 Å². The van der Waals surface area contributed by atoms with Gasteiger partial charge in [-0.25, -0.2) is 4.79 Å². The number of thiophene rings is 1. The molecular weight excluding hydrogens is 612 g/mol. The monoisotopic (exact) mass is 636 g/mol. The molecule has 188 valence electrons. The third-order valence-corrected chi connectivity index (χ3v) is 9.76. The van der Waals surface area contributed by atoms with Crippen LogP contribution in [0, 0.1) is 13.8 Å². The van der Waals surface area contributed by atoms with Gasteiger partial charge >= 0.3 is 5.97 Å². The van der Waals surface area contributed by atoms with Gasteiger partial charge in [-0.2, -0.15) is 0 Å². The Morgan fingerprint density at radius 1 is 1.00 bits per heavy atom. The van der Waals surface area contributed by atoms with Crippen molar-refractivity contribution in [1.29, 1.82) is 0 Å². The number of fused-ring (bicyclic) bond motifs is 2. The second kappa shape index (κ2) is 10.6. The van der Waals surface area contributed by atoms with E-state index < -0.39 is 12.1 Å². The standard InChI is InChI=1S/C31H26Br2O3S/c1-4-20-15-21(16-24(32)29(20)36-25(31(34)35)14-19-10-6-5-7-11-19)27-22-12-8-9-13-23(22)28(33)30-26(27)17(2)18(3)37-30/h5-13,15-16,25H,4,14H2,1-3H3,(H,34,35)/t25-/m1/s1. The van der Waals surface area contributed by atoms with Crippen molar-refractivity contribution in [3.05, 3.63) is 97.2 Å². The van der Waals surface area contributed by atoms with Gasteiger partial charge in [-0.15, -0.1) is 11.3 Å². The smallest absolute Gasteiger partial charge is 0.345 e. The van der Waals surface area contributed by atoms with Crippen molar-refractivity contribution in [3.63, 3.8) is 0 Å².